The lowest BCUT2D eigenvalue weighted by atomic mass is 9.89. The van der Waals surface area contributed by atoms with Gasteiger partial charge in [0.1, 0.15) is 0 Å². The lowest BCUT2D eigenvalue weighted by Gasteiger charge is -2.30. The summed E-state index contributed by atoms with van der Waals surface area (Å²) < 4.78 is 0. The van der Waals surface area contributed by atoms with Crippen LogP contribution in [-0.4, -0.2) is 72.3 Å². The van der Waals surface area contributed by atoms with Gasteiger partial charge in [0.15, 0.2) is 0 Å². The second-order valence-corrected chi connectivity index (χ2v) is 22.5. The summed E-state index contributed by atoms with van der Waals surface area (Å²) in [5.41, 5.74) is 0. The molecule has 0 aromatic rings. The summed E-state index contributed by atoms with van der Waals surface area (Å²) in [6.45, 7) is 16.9. The van der Waals surface area contributed by atoms with Crippen LogP contribution in [0.15, 0.2) is 0 Å². The predicted octanol–water partition coefficient (Wildman–Crippen LogP) is 19.8. The summed E-state index contributed by atoms with van der Waals surface area (Å²) in [4.78, 5) is 34.4. The van der Waals surface area contributed by atoms with E-state index < -0.39 is 0 Å². The Morgan fingerprint density at radius 2 is 0.529 bits per heavy atom. The minimum Gasteiger partial charge on any atom is -0.343 e. The van der Waals surface area contributed by atoms with Crippen LogP contribution in [0.2, 0.25) is 0 Å². The van der Waals surface area contributed by atoms with Gasteiger partial charge in [0.05, 0.1) is 0 Å². The molecule has 0 heterocycles. The molecule has 68 heavy (non-hydrogen) atoms. The molecule has 1 fully saturated rings. The maximum Gasteiger partial charge on any atom is 0.222 e. The average Bonchev–Trinajstić information content (AvgIpc) is 3.35. The molecule has 0 aromatic heterocycles. The minimum absolute atomic E-state index is 0.436. The second-order valence-electron chi connectivity index (χ2n) is 22.5. The Morgan fingerprint density at radius 3 is 0.809 bits per heavy atom. The maximum atomic E-state index is 13.5. The number of hydrogen-bond acceptors (Lipinski definition) is 3. The molecule has 1 aliphatic carbocycles. The highest BCUT2D eigenvalue weighted by molar-refractivity contribution is 5.76. The topological polar surface area (TPSA) is 43.9 Å². The summed E-state index contributed by atoms with van der Waals surface area (Å²) in [6.07, 6.45) is 63.6. The van der Waals surface area contributed by atoms with E-state index in [4.69, 9.17) is 0 Å². The van der Waals surface area contributed by atoms with Gasteiger partial charge in [0.2, 0.25) is 11.8 Å². The van der Waals surface area contributed by atoms with Crippen LogP contribution in [0.4, 0.5) is 0 Å². The fourth-order valence-electron chi connectivity index (χ4n) is 11.1. The van der Waals surface area contributed by atoms with Crippen LogP contribution in [-0.2, 0) is 9.59 Å². The monoisotopic (exact) mass is 956 g/mol. The van der Waals surface area contributed by atoms with E-state index in [-0.39, 0.29) is 0 Å². The van der Waals surface area contributed by atoms with Gasteiger partial charge in [-0.05, 0) is 83.2 Å². The molecular weight excluding hydrogens is 831 g/mol. The zero-order valence-corrected chi connectivity index (χ0v) is 47.3. The lowest BCUT2D eigenvalue weighted by Crippen LogP contribution is -2.33. The maximum absolute atomic E-state index is 13.5. The molecule has 1 aliphatic rings. The van der Waals surface area contributed by atoms with Gasteiger partial charge >= 0.3 is 0 Å². The number of nitrogens with zero attached hydrogens (tertiary/aromatic N) is 3. The summed E-state index contributed by atoms with van der Waals surface area (Å²) in [5.74, 6) is 1.78. The molecule has 2 amide bonds. The smallest absolute Gasteiger partial charge is 0.222 e. The first-order chi connectivity index (χ1) is 33.5. The Morgan fingerprint density at radius 1 is 0.294 bits per heavy atom. The molecule has 0 aliphatic heterocycles. The fraction of sp³-hybridized carbons (Fsp3) is 0.968. The van der Waals surface area contributed by atoms with Gasteiger partial charge in [0, 0.05) is 45.6 Å². The molecule has 0 unspecified atom stereocenters. The van der Waals surface area contributed by atoms with Gasteiger partial charge in [-0.15, -0.1) is 0 Å². The zero-order valence-electron chi connectivity index (χ0n) is 47.3. The van der Waals surface area contributed by atoms with Gasteiger partial charge in [-0.25, -0.2) is 0 Å². The third kappa shape index (κ3) is 42.6. The SMILES string of the molecule is CCCCCCCCCCN(CCCCCCCCCC)C(=O)CCCCCCCN(CCCCCCCC(=O)N(CCCCCCCCCC)CCCCCCCCCC)CC1CCCCC1. The molecule has 0 radical (unpaired) electrons. The van der Waals surface area contributed by atoms with E-state index in [2.05, 4.69) is 42.4 Å². The second kappa shape index (κ2) is 52.2. The predicted molar refractivity (Wildman–Crippen MR) is 302 cm³/mol. The molecule has 404 valence electrons. The Labute approximate surface area is 428 Å². The highest BCUT2D eigenvalue weighted by atomic mass is 16.2. The summed E-state index contributed by atoms with van der Waals surface area (Å²) in [7, 11) is 0. The Balaban J connectivity index is 2.43. The van der Waals surface area contributed by atoms with Crippen molar-refractivity contribution in [1.29, 1.82) is 0 Å². The molecule has 0 bridgehead atoms. The molecule has 0 N–H and O–H groups in total. The highest BCUT2D eigenvalue weighted by Gasteiger charge is 2.18. The normalized spacial score (nSPS) is 13.2. The molecule has 0 aromatic carbocycles. The number of hydrogen-bond donors (Lipinski definition) is 0. The van der Waals surface area contributed by atoms with Crippen molar-refractivity contribution >= 4 is 11.8 Å². The van der Waals surface area contributed by atoms with Gasteiger partial charge in [-0.3, -0.25) is 9.59 Å². The van der Waals surface area contributed by atoms with E-state index in [1.165, 1.54) is 309 Å². The van der Waals surface area contributed by atoms with Crippen molar-refractivity contribution in [3.8, 4) is 0 Å². The van der Waals surface area contributed by atoms with Crippen LogP contribution < -0.4 is 0 Å². The largest absolute Gasteiger partial charge is 0.343 e. The summed E-state index contributed by atoms with van der Waals surface area (Å²) >= 11 is 0. The quantitative estimate of drug-likeness (QED) is 0.0571. The third-order valence-electron chi connectivity index (χ3n) is 15.8. The van der Waals surface area contributed by atoms with Crippen LogP contribution >= 0.6 is 0 Å². The molecule has 5 nitrogen and oxygen atoms in total. The lowest BCUT2D eigenvalue weighted by molar-refractivity contribution is -0.132. The van der Waals surface area contributed by atoms with Crippen molar-refractivity contribution in [2.45, 2.75) is 342 Å². The molecular formula is C63H125N3O2. The van der Waals surface area contributed by atoms with Gasteiger partial charge in [-0.2, -0.15) is 0 Å². The van der Waals surface area contributed by atoms with Crippen LogP contribution in [0.1, 0.15) is 342 Å². The van der Waals surface area contributed by atoms with E-state index >= 15 is 0 Å². The third-order valence-corrected chi connectivity index (χ3v) is 15.8. The van der Waals surface area contributed by atoms with Crippen LogP contribution in [0.5, 0.6) is 0 Å². The zero-order chi connectivity index (χ0) is 49.1. The number of carbonyl (C=O) groups is 2. The first-order valence-electron chi connectivity index (χ1n) is 31.8. The molecule has 0 atom stereocenters. The van der Waals surface area contributed by atoms with Gasteiger partial charge in [0.25, 0.3) is 0 Å². The van der Waals surface area contributed by atoms with E-state index in [9.17, 15) is 9.59 Å². The van der Waals surface area contributed by atoms with Crippen LogP contribution in [0, 0.1) is 5.92 Å². The van der Waals surface area contributed by atoms with E-state index in [0.29, 0.717) is 11.8 Å². The van der Waals surface area contributed by atoms with Crippen molar-refractivity contribution in [2.75, 3.05) is 45.8 Å². The minimum atomic E-state index is 0.436. The Kier molecular flexibility index (Phi) is 49.9. The van der Waals surface area contributed by atoms with Gasteiger partial charge in [-0.1, -0.05) is 265 Å². The molecule has 1 saturated carbocycles. The van der Waals surface area contributed by atoms with Crippen molar-refractivity contribution in [2.24, 2.45) is 5.92 Å². The molecule has 0 spiro atoms. The van der Waals surface area contributed by atoms with Crippen molar-refractivity contribution < 1.29 is 9.59 Å². The average molecular weight is 957 g/mol. The Bertz CT molecular complexity index is 918. The van der Waals surface area contributed by atoms with Crippen molar-refractivity contribution in [3.63, 3.8) is 0 Å². The molecule has 5 heteroatoms. The molecule has 1 rings (SSSR count). The summed E-state index contributed by atoms with van der Waals surface area (Å²) in [6, 6.07) is 0. The van der Waals surface area contributed by atoms with E-state index in [0.717, 1.165) is 57.8 Å². The first kappa shape index (κ1) is 64.9. The van der Waals surface area contributed by atoms with Gasteiger partial charge < -0.3 is 14.7 Å². The number of rotatable bonds is 54. The van der Waals surface area contributed by atoms with Crippen molar-refractivity contribution in [1.82, 2.24) is 14.7 Å². The van der Waals surface area contributed by atoms with Crippen molar-refractivity contribution in [3.05, 3.63) is 0 Å². The standard InChI is InChI=1S/C63H125N3O2/c1-5-9-13-17-21-25-35-46-56-65(57-47-36-26-22-18-14-10-6-2)62(67)52-42-31-29-33-44-54-64(60-61-50-40-39-41-51-61)55-45-34-30-32-43-53-63(68)66(58-48-37-27-23-19-15-11-7-3)59-49-38-28-24-20-16-12-8-4/h61H,5-60H2,1-4H3. The highest BCUT2D eigenvalue weighted by Crippen LogP contribution is 2.25. The first-order valence-corrected chi connectivity index (χ1v) is 31.8. The number of carbonyl (C=O) groups excluding carboxylic acids is 2. The van der Waals surface area contributed by atoms with E-state index in [1.807, 2.05) is 0 Å². The van der Waals surface area contributed by atoms with Crippen LogP contribution in [0.25, 0.3) is 0 Å². The van der Waals surface area contributed by atoms with Crippen LogP contribution in [0.3, 0.4) is 0 Å². The van der Waals surface area contributed by atoms with E-state index in [1.54, 1.807) is 0 Å². The summed E-state index contributed by atoms with van der Waals surface area (Å²) in [5, 5.41) is 0. The Hall–Kier alpha value is -1.10. The number of unbranched alkanes of at least 4 members (excludes halogenated alkanes) is 36. The fourth-order valence-corrected chi connectivity index (χ4v) is 11.1. The molecule has 0 saturated heterocycles. The number of amides is 2.